The number of nitrogens with zero attached hydrogens (tertiary/aromatic N) is 2. The van der Waals surface area contributed by atoms with Crippen molar-refractivity contribution in [3.8, 4) is 0 Å². The van der Waals surface area contributed by atoms with Gasteiger partial charge in [0.15, 0.2) is 0 Å². The van der Waals surface area contributed by atoms with E-state index in [1.54, 1.807) is 6.20 Å². The fraction of sp³-hybridized carbons (Fsp3) is 0.556. The Kier molecular flexibility index (Phi) is 8.98. The van der Waals surface area contributed by atoms with E-state index < -0.39 is 0 Å². The van der Waals surface area contributed by atoms with E-state index in [4.69, 9.17) is 5.73 Å². The van der Waals surface area contributed by atoms with Gasteiger partial charge < -0.3 is 15.7 Å². The van der Waals surface area contributed by atoms with E-state index in [1.807, 2.05) is 24.0 Å². The van der Waals surface area contributed by atoms with Gasteiger partial charge in [0.25, 0.3) is 0 Å². The molecule has 0 radical (unpaired) electrons. The summed E-state index contributed by atoms with van der Waals surface area (Å²) in [5.41, 5.74) is 6.41. The Morgan fingerprint density at radius 1 is 1.48 bits per heavy atom. The summed E-state index contributed by atoms with van der Waals surface area (Å²) in [6.07, 6.45) is 12.8. The number of aliphatic hydroxyl groups is 1. The molecule has 3 N–H and O–H groups in total. The minimum absolute atomic E-state index is 0.186. The molecule has 5 heteroatoms. The topological polar surface area (TPSA) is 78.9 Å². The van der Waals surface area contributed by atoms with Crippen LogP contribution in [0.3, 0.4) is 0 Å². The smallest absolute Gasteiger partial charge is 0.112 e. The van der Waals surface area contributed by atoms with Crippen LogP contribution in [0.25, 0.3) is 0 Å². The van der Waals surface area contributed by atoms with Crippen LogP contribution in [-0.4, -0.2) is 29.1 Å². The highest BCUT2D eigenvalue weighted by Gasteiger charge is 2.25. The molecule has 1 aliphatic heterocycles. The molecule has 1 heterocycles. The van der Waals surface area contributed by atoms with Crippen molar-refractivity contribution >= 4 is 0 Å². The third kappa shape index (κ3) is 5.67. The third-order valence-corrected chi connectivity index (χ3v) is 4.03. The molecule has 0 saturated heterocycles. The predicted octanol–water partition coefficient (Wildman–Crippen LogP) is 4.15. The maximum Gasteiger partial charge on any atom is 0.112 e. The number of nitrogens with two attached hydrogens (primary N) is 1. The molecule has 0 aromatic carbocycles. The summed E-state index contributed by atoms with van der Waals surface area (Å²) in [6.45, 7) is 7.20. The van der Waals surface area contributed by atoms with E-state index in [2.05, 4.69) is 17.8 Å². The molecule has 0 aliphatic carbocycles. The molecule has 0 spiro atoms. The average Bonchev–Trinajstić information content (AvgIpc) is 2.60. The van der Waals surface area contributed by atoms with E-state index in [0.29, 0.717) is 24.2 Å². The molecule has 0 bridgehead atoms. The molecule has 128 valence electrons. The van der Waals surface area contributed by atoms with Gasteiger partial charge in [0.1, 0.15) is 5.70 Å². The van der Waals surface area contributed by atoms with Gasteiger partial charge in [-0.2, -0.15) is 0 Å². The largest absolute Gasteiger partial charge is 0.512 e. The van der Waals surface area contributed by atoms with Crippen LogP contribution in [0.5, 0.6) is 0 Å². The van der Waals surface area contributed by atoms with Crippen molar-refractivity contribution in [2.45, 2.75) is 51.5 Å². The molecule has 0 aromatic heterocycles. The van der Waals surface area contributed by atoms with Crippen LogP contribution in [0.4, 0.5) is 0 Å². The molecule has 0 saturated carbocycles. The lowest BCUT2D eigenvalue weighted by molar-refractivity contribution is 0.321. The van der Waals surface area contributed by atoms with Crippen molar-refractivity contribution in [2.75, 3.05) is 13.1 Å². The monoisotopic (exact) mass is 319 g/mol. The first-order chi connectivity index (χ1) is 11.2. The lowest BCUT2D eigenvalue weighted by Crippen LogP contribution is -2.35. The first kappa shape index (κ1) is 19.2. The van der Waals surface area contributed by atoms with Crippen LogP contribution < -0.4 is 5.73 Å². The molecule has 1 unspecified atom stereocenters. The second kappa shape index (κ2) is 10.8. The number of nitroso groups, excluding NO2 is 1. The lowest BCUT2D eigenvalue weighted by atomic mass is 9.95. The average molecular weight is 319 g/mol. The molecular formula is C18H29N3O2. The zero-order chi connectivity index (χ0) is 17.1. The third-order valence-electron chi connectivity index (χ3n) is 4.03. The van der Waals surface area contributed by atoms with Crippen LogP contribution in [0.2, 0.25) is 0 Å². The lowest BCUT2D eigenvalue weighted by Gasteiger charge is -2.33. The predicted molar refractivity (Wildman–Crippen MR) is 95.8 cm³/mol. The van der Waals surface area contributed by atoms with Crippen LogP contribution in [0, 0.1) is 4.91 Å². The van der Waals surface area contributed by atoms with Crippen molar-refractivity contribution in [1.82, 2.24) is 4.90 Å². The van der Waals surface area contributed by atoms with Gasteiger partial charge in [-0.25, -0.2) is 0 Å². The quantitative estimate of drug-likeness (QED) is 0.208. The molecule has 23 heavy (non-hydrogen) atoms. The Labute approximate surface area is 139 Å². The molecular weight excluding hydrogens is 290 g/mol. The van der Waals surface area contributed by atoms with E-state index >= 15 is 0 Å². The highest BCUT2D eigenvalue weighted by molar-refractivity contribution is 5.40. The fourth-order valence-corrected chi connectivity index (χ4v) is 2.73. The van der Waals surface area contributed by atoms with Gasteiger partial charge in [-0.05, 0) is 43.6 Å². The Balaban J connectivity index is 3.02. The minimum Gasteiger partial charge on any atom is -0.512 e. The highest BCUT2D eigenvalue weighted by Crippen LogP contribution is 2.28. The van der Waals surface area contributed by atoms with Gasteiger partial charge in [-0.1, -0.05) is 38.2 Å². The normalized spacial score (nSPS) is 19.5. The Morgan fingerprint density at radius 2 is 2.26 bits per heavy atom. The van der Waals surface area contributed by atoms with Crippen LogP contribution in [0.1, 0.15) is 45.4 Å². The van der Waals surface area contributed by atoms with E-state index in [1.165, 1.54) is 0 Å². The summed E-state index contributed by atoms with van der Waals surface area (Å²) in [6, 6.07) is -0.186. The van der Waals surface area contributed by atoms with Crippen molar-refractivity contribution in [2.24, 2.45) is 10.9 Å². The summed E-state index contributed by atoms with van der Waals surface area (Å²) >= 11 is 0. The van der Waals surface area contributed by atoms with Gasteiger partial charge in [0.05, 0.1) is 11.8 Å². The van der Waals surface area contributed by atoms with Crippen LogP contribution >= 0.6 is 0 Å². The van der Waals surface area contributed by atoms with E-state index in [9.17, 15) is 10.0 Å². The van der Waals surface area contributed by atoms with E-state index in [0.717, 1.165) is 38.6 Å². The molecule has 1 atom stereocenters. The summed E-state index contributed by atoms with van der Waals surface area (Å²) in [7, 11) is 0. The van der Waals surface area contributed by atoms with Crippen molar-refractivity contribution in [3.63, 3.8) is 0 Å². The maximum absolute atomic E-state index is 11.4. The molecule has 1 rings (SSSR count). The second-order valence-electron chi connectivity index (χ2n) is 5.61. The first-order valence-electron chi connectivity index (χ1n) is 8.40. The van der Waals surface area contributed by atoms with Crippen LogP contribution in [-0.2, 0) is 0 Å². The van der Waals surface area contributed by atoms with E-state index in [-0.39, 0.29) is 11.8 Å². The molecule has 0 fully saturated rings. The van der Waals surface area contributed by atoms with Gasteiger partial charge >= 0.3 is 0 Å². The first-order valence-corrected chi connectivity index (χ1v) is 8.40. The number of unbranched alkanes of at least 4 members (excludes halogenated alkanes) is 3. The Hall–Kier alpha value is -1.88. The summed E-state index contributed by atoms with van der Waals surface area (Å²) in [4.78, 5) is 13.4. The minimum atomic E-state index is -0.186. The van der Waals surface area contributed by atoms with Crippen molar-refractivity contribution in [3.05, 3.63) is 52.9 Å². The summed E-state index contributed by atoms with van der Waals surface area (Å²) in [5.74, 6) is 0.209. The Bertz CT molecular complexity index is 481. The van der Waals surface area contributed by atoms with Crippen LogP contribution in [0.15, 0.2) is 53.2 Å². The maximum atomic E-state index is 11.4. The van der Waals surface area contributed by atoms with Gasteiger partial charge in [-0.15, -0.1) is 4.91 Å². The second-order valence-corrected chi connectivity index (χ2v) is 5.61. The Morgan fingerprint density at radius 3 is 2.87 bits per heavy atom. The molecule has 0 aromatic rings. The molecule has 0 amide bonds. The van der Waals surface area contributed by atoms with Gasteiger partial charge in [0.2, 0.25) is 0 Å². The standard InChI is InChI=1S/C18H29N3O2/c1-3-17(22)18(16-12-8-10-14-21(16)4-2)15(20-23)11-7-5-6-9-13-19/h4,8,11-12,16,22H,2-3,5-7,9-10,13-14,19H2,1H3/b15-11+,18-17-. The number of hydrogen-bond acceptors (Lipinski definition) is 5. The molecule has 1 aliphatic rings. The number of hydrogen-bond donors (Lipinski definition) is 2. The zero-order valence-electron chi connectivity index (χ0n) is 14.1. The van der Waals surface area contributed by atoms with Crippen molar-refractivity contribution in [1.29, 1.82) is 0 Å². The SMILES string of the molecule is C=CN1CCC=CC1C(/C(=C\CCCCCN)N=O)=C(\O)CC. The number of aliphatic hydroxyl groups excluding tert-OH is 1. The van der Waals surface area contributed by atoms with Crippen molar-refractivity contribution < 1.29 is 5.11 Å². The highest BCUT2D eigenvalue weighted by atomic mass is 16.3. The number of allylic oxidation sites excluding steroid dienone is 2. The van der Waals surface area contributed by atoms with Gasteiger partial charge in [0, 0.05) is 18.5 Å². The zero-order valence-corrected chi connectivity index (χ0v) is 14.1. The van der Waals surface area contributed by atoms with Gasteiger partial charge in [-0.3, -0.25) is 0 Å². The molecule has 5 nitrogen and oxygen atoms in total. The number of rotatable bonds is 10. The fourth-order valence-electron chi connectivity index (χ4n) is 2.73. The summed E-state index contributed by atoms with van der Waals surface area (Å²) in [5, 5.41) is 13.5. The summed E-state index contributed by atoms with van der Waals surface area (Å²) < 4.78 is 0.